The number of benzene rings is 2. The highest BCUT2D eigenvalue weighted by atomic mass is 35.5. The molecule has 0 unspecified atom stereocenters. The summed E-state index contributed by atoms with van der Waals surface area (Å²) in [7, 11) is 0. The number of halogens is 5. The molecule has 1 aromatic heterocycles. The van der Waals surface area contributed by atoms with E-state index in [1.165, 1.54) is 18.2 Å². The number of nitrogens with zero attached hydrogens (tertiary/aromatic N) is 2. The van der Waals surface area contributed by atoms with Crippen LogP contribution >= 0.6 is 11.6 Å². The topological polar surface area (TPSA) is 8.17 Å². The maximum Gasteiger partial charge on any atom is 0.416 e. The Bertz CT molecular complexity index is 1010. The van der Waals surface area contributed by atoms with Crippen LogP contribution in [-0.4, -0.2) is 16.0 Å². The zero-order chi connectivity index (χ0) is 20.6. The molecule has 4 rings (SSSR count). The van der Waals surface area contributed by atoms with E-state index in [0.29, 0.717) is 18.7 Å². The lowest BCUT2D eigenvalue weighted by Crippen LogP contribution is -2.29. The van der Waals surface area contributed by atoms with Crippen LogP contribution in [0.3, 0.4) is 0 Å². The third-order valence-electron chi connectivity index (χ3n) is 5.25. The Morgan fingerprint density at radius 3 is 2.59 bits per heavy atom. The molecule has 0 fully saturated rings. The first-order chi connectivity index (χ1) is 13.8. The number of rotatable bonds is 3. The molecule has 0 spiro atoms. The third kappa shape index (κ3) is 4.19. The van der Waals surface area contributed by atoms with Crippen LogP contribution < -0.4 is 0 Å². The second-order valence-electron chi connectivity index (χ2n) is 7.22. The van der Waals surface area contributed by atoms with Crippen molar-refractivity contribution in [1.82, 2.24) is 9.47 Å². The van der Waals surface area contributed by atoms with Gasteiger partial charge < -0.3 is 4.57 Å². The van der Waals surface area contributed by atoms with Crippen molar-refractivity contribution in [1.29, 1.82) is 0 Å². The van der Waals surface area contributed by atoms with E-state index in [0.717, 1.165) is 30.3 Å². The summed E-state index contributed by atoms with van der Waals surface area (Å²) in [6, 6.07) is 13.5. The van der Waals surface area contributed by atoms with Gasteiger partial charge in [0.1, 0.15) is 5.82 Å². The number of hydrogen-bond acceptors (Lipinski definition) is 1. The normalized spacial score (nSPS) is 17.8. The molecule has 1 atom stereocenters. The predicted molar refractivity (Wildman–Crippen MR) is 104 cm³/mol. The Hall–Kier alpha value is -2.31. The predicted octanol–water partition coefficient (Wildman–Crippen LogP) is 6.29. The van der Waals surface area contributed by atoms with Crippen molar-refractivity contribution in [3.63, 3.8) is 0 Å². The van der Waals surface area contributed by atoms with Gasteiger partial charge in [0.05, 0.1) is 16.6 Å². The molecule has 2 heterocycles. The summed E-state index contributed by atoms with van der Waals surface area (Å²) in [5.41, 5.74) is 1.67. The van der Waals surface area contributed by atoms with E-state index >= 15 is 0 Å². The number of aryl methyl sites for hydroxylation is 1. The fourth-order valence-electron chi connectivity index (χ4n) is 3.95. The quantitative estimate of drug-likeness (QED) is 0.450. The van der Waals surface area contributed by atoms with Gasteiger partial charge in [-0.3, -0.25) is 4.90 Å². The fourth-order valence-corrected chi connectivity index (χ4v) is 4.15. The molecule has 2 aromatic carbocycles. The van der Waals surface area contributed by atoms with Crippen LogP contribution in [0.2, 0.25) is 5.02 Å². The summed E-state index contributed by atoms with van der Waals surface area (Å²) in [5, 5.41) is 0.0383. The van der Waals surface area contributed by atoms with E-state index in [4.69, 9.17) is 11.6 Å². The van der Waals surface area contributed by atoms with Crippen molar-refractivity contribution in [3.05, 3.63) is 94.0 Å². The SMILES string of the molecule is Fc1ccc(CN2CCCn3cccc3[C@H]2c2cccc(C(F)(F)F)c2)cc1Cl. The maximum atomic E-state index is 13.5. The average Bonchev–Trinajstić information content (AvgIpc) is 3.06. The van der Waals surface area contributed by atoms with Crippen molar-refractivity contribution in [2.24, 2.45) is 0 Å². The van der Waals surface area contributed by atoms with Crippen LogP contribution in [0.15, 0.2) is 60.8 Å². The Kier molecular flexibility index (Phi) is 5.40. The maximum absolute atomic E-state index is 13.5. The van der Waals surface area contributed by atoms with Gasteiger partial charge in [0.15, 0.2) is 0 Å². The Morgan fingerprint density at radius 1 is 1.00 bits per heavy atom. The minimum absolute atomic E-state index is 0.0383. The van der Waals surface area contributed by atoms with Crippen LogP contribution in [-0.2, 0) is 19.3 Å². The molecule has 0 bridgehead atoms. The largest absolute Gasteiger partial charge is 0.416 e. The summed E-state index contributed by atoms with van der Waals surface area (Å²) in [6.45, 7) is 1.93. The smallest absolute Gasteiger partial charge is 0.350 e. The zero-order valence-electron chi connectivity index (χ0n) is 15.5. The van der Waals surface area contributed by atoms with Gasteiger partial charge in [0, 0.05) is 31.5 Å². The Balaban J connectivity index is 1.76. The molecule has 7 heteroatoms. The third-order valence-corrected chi connectivity index (χ3v) is 5.54. The summed E-state index contributed by atoms with van der Waals surface area (Å²) >= 11 is 5.93. The molecular formula is C22H19ClF4N2. The first-order valence-electron chi connectivity index (χ1n) is 9.33. The molecule has 0 amide bonds. The minimum Gasteiger partial charge on any atom is -0.350 e. The number of hydrogen-bond donors (Lipinski definition) is 0. The van der Waals surface area contributed by atoms with Crippen molar-refractivity contribution >= 4 is 11.6 Å². The van der Waals surface area contributed by atoms with Crippen molar-refractivity contribution in [2.45, 2.75) is 31.7 Å². The highest BCUT2D eigenvalue weighted by Crippen LogP contribution is 2.36. The van der Waals surface area contributed by atoms with Gasteiger partial charge in [-0.15, -0.1) is 0 Å². The van der Waals surface area contributed by atoms with E-state index in [-0.39, 0.29) is 11.1 Å². The first-order valence-corrected chi connectivity index (χ1v) is 9.71. The average molecular weight is 423 g/mol. The van der Waals surface area contributed by atoms with Gasteiger partial charge in [-0.05, 0) is 53.9 Å². The number of fused-ring (bicyclic) bond motifs is 1. The summed E-state index contributed by atoms with van der Waals surface area (Å²) in [5.74, 6) is -0.491. The lowest BCUT2D eigenvalue weighted by atomic mass is 9.98. The van der Waals surface area contributed by atoms with E-state index in [9.17, 15) is 17.6 Å². The van der Waals surface area contributed by atoms with Crippen molar-refractivity contribution in [3.8, 4) is 0 Å². The first kappa shape index (κ1) is 20.0. The van der Waals surface area contributed by atoms with Crippen LogP contribution in [0.5, 0.6) is 0 Å². The molecule has 29 heavy (non-hydrogen) atoms. The van der Waals surface area contributed by atoms with Crippen LogP contribution in [0, 0.1) is 5.82 Å². The van der Waals surface area contributed by atoms with Crippen LogP contribution in [0.1, 0.15) is 34.8 Å². The molecular weight excluding hydrogens is 404 g/mol. The summed E-state index contributed by atoms with van der Waals surface area (Å²) in [4.78, 5) is 2.12. The molecule has 152 valence electrons. The second-order valence-corrected chi connectivity index (χ2v) is 7.63. The molecule has 0 radical (unpaired) electrons. The molecule has 1 aliphatic rings. The lowest BCUT2D eigenvalue weighted by molar-refractivity contribution is -0.137. The summed E-state index contributed by atoms with van der Waals surface area (Å²) in [6.07, 6.45) is -1.60. The van der Waals surface area contributed by atoms with Gasteiger partial charge in [0.25, 0.3) is 0 Å². The summed E-state index contributed by atoms with van der Waals surface area (Å²) < 4.78 is 55.6. The van der Waals surface area contributed by atoms with E-state index < -0.39 is 17.6 Å². The van der Waals surface area contributed by atoms with Crippen molar-refractivity contribution < 1.29 is 17.6 Å². The van der Waals surface area contributed by atoms with E-state index in [1.807, 2.05) is 18.3 Å². The van der Waals surface area contributed by atoms with Crippen LogP contribution in [0.25, 0.3) is 0 Å². The molecule has 0 N–H and O–H groups in total. The monoisotopic (exact) mass is 422 g/mol. The van der Waals surface area contributed by atoms with Gasteiger partial charge in [-0.1, -0.05) is 29.8 Å². The molecule has 0 saturated carbocycles. The highest BCUT2D eigenvalue weighted by Gasteiger charge is 2.33. The number of aromatic nitrogens is 1. The minimum atomic E-state index is -4.40. The highest BCUT2D eigenvalue weighted by molar-refractivity contribution is 6.30. The second kappa shape index (κ2) is 7.84. The molecule has 3 aromatic rings. The lowest BCUT2D eigenvalue weighted by Gasteiger charge is -2.31. The van der Waals surface area contributed by atoms with Crippen molar-refractivity contribution in [2.75, 3.05) is 6.54 Å². The van der Waals surface area contributed by atoms with E-state index in [2.05, 4.69) is 9.47 Å². The fraction of sp³-hybridized carbons (Fsp3) is 0.273. The Morgan fingerprint density at radius 2 is 1.83 bits per heavy atom. The van der Waals surface area contributed by atoms with Crippen LogP contribution in [0.4, 0.5) is 17.6 Å². The standard InChI is InChI=1S/C22H19ClF4N2/c23-18-12-15(7-8-19(18)24)14-29-11-3-10-28-9-2-6-20(28)21(29)16-4-1-5-17(13-16)22(25,26)27/h1-2,4-9,12-13,21H,3,10-11,14H2/t21-/m1/s1. The zero-order valence-corrected chi connectivity index (χ0v) is 16.2. The molecule has 0 saturated heterocycles. The van der Waals surface area contributed by atoms with Gasteiger partial charge in [-0.25, -0.2) is 4.39 Å². The Labute approximate surface area is 171 Å². The van der Waals surface area contributed by atoms with Gasteiger partial charge >= 0.3 is 6.18 Å². The molecule has 1 aliphatic heterocycles. The van der Waals surface area contributed by atoms with Gasteiger partial charge in [0.2, 0.25) is 0 Å². The molecule has 0 aliphatic carbocycles. The number of alkyl halides is 3. The molecule has 2 nitrogen and oxygen atoms in total. The van der Waals surface area contributed by atoms with Gasteiger partial charge in [-0.2, -0.15) is 13.2 Å². The van der Waals surface area contributed by atoms with E-state index in [1.54, 1.807) is 18.2 Å².